The number of pyridine rings is 1. The van der Waals surface area contributed by atoms with E-state index in [1.54, 1.807) is 23.5 Å². The summed E-state index contributed by atoms with van der Waals surface area (Å²) in [6.45, 7) is 13.9. The number of ketones is 1. The zero-order chi connectivity index (χ0) is 41.0. The number of hydrogen-bond donors (Lipinski definition) is 1. The Balaban J connectivity index is 1.21. The van der Waals surface area contributed by atoms with Crippen molar-refractivity contribution in [2.75, 3.05) is 13.7 Å². The summed E-state index contributed by atoms with van der Waals surface area (Å²) in [6, 6.07) is 4.39. The molecule has 1 unspecified atom stereocenters. The van der Waals surface area contributed by atoms with Crippen LogP contribution in [0.25, 0.3) is 22.3 Å². The highest BCUT2D eigenvalue weighted by Gasteiger charge is 2.61. The molecule has 4 fully saturated rings. The van der Waals surface area contributed by atoms with E-state index in [1.165, 1.54) is 12.0 Å². The van der Waals surface area contributed by atoms with Crippen molar-refractivity contribution in [2.24, 2.45) is 40.4 Å². The van der Waals surface area contributed by atoms with E-state index in [4.69, 9.17) is 35.8 Å². The minimum absolute atomic E-state index is 0.0485. The van der Waals surface area contributed by atoms with Crippen LogP contribution in [0.3, 0.4) is 0 Å². The van der Waals surface area contributed by atoms with E-state index in [0.29, 0.717) is 63.0 Å². The third kappa shape index (κ3) is 8.18. The number of hydrogen-bond acceptors (Lipinski definition) is 10. The molecule has 11 nitrogen and oxygen atoms in total. The van der Waals surface area contributed by atoms with Crippen LogP contribution in [-0.4, -0.2) is 75.5 Å². The first-order chi connectivity index (χ1) is 27.0. The maximum absolute atomic E-state index is 14.8. The number of carboxylic acid groups (broad SMARTS) is 1. The first-order valence-electron chi connectivity index (χ1n) is 20.2. The van der Waals surface area contributed by atoms with Crippen LogP contribution in [0.15, 0.2) is 36.2 Å². The number of thiazole rings is 1. The number of halogens is 1. The third-order valence-electron chi connectivity index (χ3n) is 12.7. The predicted octanol–water partition coefficient (Wildman–Crippen LogP) is 8.59. The van der Waals surface area contributed by atoms with Gasteiger partial charge in [0.1, 0.15) is 28.7 Å². The number of Topliss-reactive ketones (excluding diaryl/α,β-unsaturated/α-hetero) is 1. The number of carbonyl (C=O) groups excluding carboxylic acids is 3. The van der Waals surface area contributed by atoms with Gasteiger partial charge in [-0.2, -0.15) is 0 Å². The lowest BCUT2D eigenvalue weighted by atomic mass is 9.77. The predicted molar refractivity (Wildman–Crippen MR) is 218 cm³/mol. The van der Waals surface area contributed by atoms with Crippen molar-refractivity contribution in [2.45, 2.75) is 111 Å². The van der Waals surface area contributed by atoms with Gasteiger partial charge in [-0.3, -0.25) is 19.2 Å². The number of esters is 1. The number of rotatable bonds is 15. The van der Waals surface area contributed by atoms with Crippen LogP contribution in [0, 0.1) is 40.4 Å². The van der Waals surface area contributed by atoms with Crippen molar-refractivity contribution < 1.29 is 38.5 Å². The number of aliphatic carboxylic acids is 1. The lowest BCUT2D eigenvalue weighted by Crippen LogP contribution is -2.48. The fraction of sp³-hybridized carbons (Fsp3) is 0.591. The quantitative estimate of drug-likeness (QED) is 0.117. The number of aromatic nitrogens is 2. The summed E-state index contributed by atoms with van der Waals surface area (Å²) in [4.78, 5) is 66.5. The van der Waals surface area contributed by atoms with E-state index in [0.717, 1.165) is 37.1 Å². The lowest BCUT2D eigenvalue weighted by Gasteiger charge is -2.35. The number of methoxy groups -OCH3 is 1. The summed E-state index contributed by atoms with van der Waals surface area (Å²) < 4.78 is 18.4. The van der Waals surface area contributed by atoms with Crippen LogP contribution >= 0.6 is 22.9 Å². The average molecular weight is 820 g/mol. The normalized spacial score (nSPS) is 27.1. The van der Waals surface area contributed by atoms with E-state index in [2.05, 4.69) is 20.4 Å². The van der Waals surface area contributed by atoms with Gasteiger partial charge in [0.25, 0.3) is 0 Å². The Morgan fingerprint density at radius 1 is 1.09 bits per heavy atom. The van der Waals surface area contributed by atoms with Gasteiger partial charge in [-0.15, -0.1) is 17.9 Å². The van der Waals surface area contributed by atoms with E-state index < -0.39 is 40.8 Å². The minimum Gasteiger partial charge on any atom is -0.495 e. The Labute approximate surface area is 343 Å². The Hall–Kier alpha value is -4.03. The SMILES string of the molecule is C=CC1C[C@]1(CC(=O)[C@@H]1C[C@@H](Oc2cc(-c3csc(CC(C)C)n3)nc3c(Cl)c(OC)ccc23)CN1C(=O)[C@@H](CC(=O)OC1C2CCC1CC2)C(C)(C)C)C(=O)O. The Bertz CT molecular complexity index is 2060. The van der Waals surface area contributed by atoms with E-state index in [9.17, 15) is 24.3 Å². The number of likely N-dealkylation sites (tertiary alicyclic amines) is 1. The van der Waals surface area contributed by atoms with Crippen LogP contribution < -0.4 is 9.47 Å². The van der Waals surface area contributed by atoms with Crippen molar-refractivity contribution in [1.29, 1.82) is 0 Å². The molecule has 3 heterocycles. The molecule has 5 atom stereocenters. The van der Waals surface area contributed by atoms with E-state index in [1.807, 2.05) is 38.3 Å². The topological polar surface area (TPSA) is 145 Å². The second kappa shape index (κ2) is 16.0. The largest absolute Gasteiger partial charge is 0.495 e. The van der Waals surface area contributed by atoms with Crippen LogP contribution in [0.2, 0.25) is 5.02 Å². The van der Waals surface area contributed by atoms with Crippen LogP contribution in [0.1, 0.15) is 91.0 Å². The molecule has 57 heavy (non-hydrogen) atoms. The molecule has 0 radical (unpaired) electrons. The summed E-state index contributed by atoms with van der Waals surface area (Å²) in [6.07, 6.45) is 5.96. The molecule has 3 aromatic rings. The van der Waals surface area contributed by atoms with E-state index >= 15 is 0 Å². The van der Waals surface area contributed by atoms with E-state index in [-0.39, 0.29) is 49.5 Å². The first-order valence-corrected chi connectivity index (χ1v) is 21.5. The van der Waals surface area contributed by atoms with Crippen LogP contribution in [-0.2, 0) is 30.3 Å². The molecule has 1 saturated heterocycles. The highest BCUT2D eigenvalue weighted by Crippen LogP contribution is 2.57. The summed E-state index contributed by atoms with van der Waals surface area (Å²) in [5, 5.41) is 14.1. The number of carbonyl (C=O) groups is 4. The molecule has 1 aromatic carbocycles. The van der Waals surface area contributed by atoms with Gasteiger partial charge in [0.05, 0.1) is 59.4 Å². The highest BCUT2D eigenvalue weighted by molar-refractivity contribution is 7.09. The second-order valence-electron chi connectivity index (χ2n) is 18.1. The molecule has 7 rings (SSSR count). The number of amides is 1. The molecule has 1 amide bonds. The van der Waals surface area contributed by atoms with Gasteiger partial charge in [-0.05, 0) is 73.3 Å². The van der Waals surface area contributed by atoms with Crippen molar-refractivity contribution >= 4 is 57.5 Å². The number of ether oxygens (including phenoxy) is 3. The van der Waals surface area contributed by atoms with Crippen molar-refractivity contribution in [1.82, 2.24) is 14.9 Å². The molecule has 13 heteroatoms. The van der Waals surface area contributed by atoms with Crippen molar-refractivity contribution in [3.8, 4) is 22.9 Å². The van der Waals surface area contributed by atoms with Gasteiger partial charge < -0.3 is 24.2 Å². The number of carboxylic acids is 1. The second-order valence-corrected chi connectivity index (χ2v) is 19.4. The summed E-state index contributed by atoms with van der Waals surface area (Å²) in [5.74, 6) is -1.23. The average Bonchev–Trinajstić information content (AvgIpc) is 3.61. The van der Waals surface area contributed by atoms with Crippen LogP contribution in [0.4, 0.5) is 0 Å². The molecule has 306 valence electrons. The van der Waals surface area contributed by atoms with Gasteiger partial charge in [-0.25, -0.2) is 9.97 Å². The molecule has 3 saturated carbocycles. The molecule has 0 spiro atoms. The number of allylic oxidation sites excluding steroid dienone is 1. The molecule has 1 N–H and O–H groups in total. The molecular weight excluding hydrogens is 766 g/mol. The molecule has 3 aliphatic carbocycles. The minimum atomic E-state index is -1.26. The Kier molecular flexibility index (Phi) is 11.5. The molecule has 2 aromatic heterocycles. The highest BCUT2D eigenvalue weighted by atomic mass is 35.5. The zero-order valence-electron chi connectivity index (χ0n) is 33.7. The molecule has 2 bridgehead atoms. The zero-order valence-corrected chi connectivity index (χ0v) is 35.3. The number of nitrogens with zero attached hydrogens (tertiary/aromatic N) is 3. The summed E-state index contributed by atoms with van der Waals surface area (Å²) in [5.41, 5.74) is -0.239. The monoisotopic (exact) mass is 819 g/mol. The summed E-state index contributed by atoms with van der Waals surface area (Å²) in [7, 11) is 1.53. The maximum atomic E-state index is 14.8. The standard InChI is InChI=1S/C44H54ClN3O8S/c1-8-26-19-44(26,42(52)53)20-33(49)32-16-27(21-48(32)41(51)29(43(4,5)6)17-37(50)56-40-24-9-10-25(40)12-11-24)55-35-18-30(31-22-57-36(46-31)15-23(2)3)47-39-28(35)13-14-34(54-7)38(39)45/h8,13-14,18,22-27,29,32,40H,1,9-12,15-17,19-21H2,2-7H3,(H,52,53)/t24?,25?,26?,27-,29-,32+,40?,44-/m1/s1. The van der Waals surface area contributed by atoms with Gasteiger partial charge in [0.2, 0.25) is 5.91 Å². The molecule has 4 aliphatic rings. The van der Waals surface area contributed by atoms with Gasteiger partial charge in [0.15, 0.2) is 5.78 Å². The third-order valence-corrected chi connectivity index (χ3v) is 14.0. The summed E-state index contributed by atoms with van der Waals surface area (Å²) >= 11 is 8.41. The first kappa shape index (κ1) is 41.1. The number of benzene rings is 1. The molecule has 1 aliphatic heterocycles. The Morgan fingerprint density at radius 3 is 2.39 bits per heavy atom. The lowest BCUT2D eigenvalue weighted by molar-refractivity contribution is -0.158. The smallest absolute Gasteiger partial charge is 0.310 e. The fourth-order valence-electron chi connectivity index (χ4n) is 9.38. The van der Waals surface area contributed by atoms with Gasteiger partial charge in [0, 0.05) is 36.1 Å². The fourth-order valence-corrected chi connectivity index (χ4v) is 10.7. The maximum Gasteiger partial charge on any atom is 0.310 e. The van der Waals surface area contributed by atoms with Gasteiger partial charge in [-0.1, -0.05) is 52.3 Å². The van der Waals surface area contributed by atoms with Crippen molar-refractivity contribution in [3.05, 3.63) is 46.3 Å². The molecular formula is C44H54ClN3O8S. The number of fused-ring (bicyclic) bond motifs is 3. The Morgan fingerprint density at radius 2 is 1.79 bits per heavy atom. The van der Waals surface area contributed by atoms with Crippen molar-refractivity contribution in [3.63, 3.8) is 0 Å². The van der Waals surface area contributed by atoms with Crippen LogP contribution in [0.5, 0.6) is 11.5 Å². The van der Waals surface area contributed by atoms with Gasteiger partial charge >= 0.3 is 11.9 Å².